The summed E-state index contributed by atoms with van der Waals surface area (Å²) in [5, 5.41) is 12.9. The summed E-state index contributed by atoms with van der Waals surface area (Å²) in [4.78, 5) is 28.5. The summed E-state index contributed by atoms with van der Waals surface area (Å²) in [6.45, 7) is 2.14. The fraction of sp³-hybridized carbons (Fsp3) is 0.240. The predicted octanol–water partition coefficient (Wildman–Crippen LogP) is 5.29. The van der Waals surface area contributed by atoms with Crippen LogP contribution in [0.5, 0.6) is 17.2 Å². The van der Waals surface area contributed by atoms with Crippen molar-refractivity contribution in [2.75, 3.05) is 11.9 Å². The number of rotatable bonds is 8. The van der Waals surface area contributed by atoms with Crippen molar-refractivity contribution >= 4 is 28.2 Å². The van der Waals surface area contributed by atoms with Crippen LogP contribution in [0, 0.1) is 12.8 Å². The topological polar surface area (TPSA) is 116 Å². The number of nitrogens with one attached hydrogen (secondary N) is 1. The number of nitrogens with zero attached hydrogens (tertiary/aromatic N) is 3. The largest absolute Gasteiger partial charge is 0.493 e. The lowest BCUT2D eigenvalue weighted by molar-refractivity contribution is -0.117. The summed E-state index contributed by atoms with van der Waals surface area (Å²) in [5.41, 5.74) is 1.14. The first-order valence-electron chi connectivity index (χ1n) is 11.1. The summed E-state index contributed by atoms with van der Waals surface area (Å²) in [5.74, 6) is 2.53. The lowest BCUT2D eigenvalue weighted by atomic mass is 10.1. The second-order valence-electron chi connectivity index (χ2n) is 8.20. The Labute approximate surface area is 205 Å². The molecule has 1 unspecified atom stereocenters. The zero-order valence-electron chi connectivity index (χ0n) is 18.9. The highest BCUT2D eigenvalue weighted by atomic mass is 32.1. The van der Waals surface area contributed by atoms with Crippen LogP contribution >= 0.6 is 11.3 Å². The van der Waals surface area contributed by atoms with Crippen molar-refractivity contribution in [1.82, 2.24) is 15.2 Å². The maximum atomic E-state index is 12.9. The number of carbonyl (C=O) groups is 2. The van der Waals surface area contributed by atoms with Gasteiger partial charge in [0.1, 0.15) is 23.0 Å². The van der Waals surface area contributed by atoms with Gasteiger partial charge in [0.2, 0.25) is 11.8 Å². The molecular weight excluding hydrogens is 468 g/mol. The highest BCUT2D eigenvalue weighted by molar-refractivity contribution is 7.13. The molecule has 5 rings (SSSR count). The Morgan fingerprint density at radius 1 is 1.14 bits per heavy atom. The van der Waals surface area contributed by atoms with Crippen molar-refractivity contribution in [3.63, 3.8) is 0 Å². The van der Waals surface area contributed by atoms with Crippen LogP contribution < -0.4 is 14.8 Å². The van der Waals surface area contributed by atoms with E-state index in [-0.39, 0.29) is 17.6 Å². The summed E-state index contributed by atoms with van der Waals surface area (Å²) in [7, 11) is 0. The van der Waals surface area contributed by atoms with Crippen LogP contribution in [0.25, 0.3) is 11.5 Å². The molecule has 0 aliphatic heterocycles. The molecular formula is C25H22N4O5S. The van der Waals surface area contributed by atoms with Gasteiger partial charge in [0.05, 0.1) is 6.61 Å². The molecule has 2 aromatic carbocycles. The molecule has 1 amide bonds. The molecule has 0 saturated heterocycles. The molecule has 1 atom stereocenters. The molecule has 0 bridgehead atoms. The van der Waals surface area contributed by atoms with E-state index >= 15 is 0 Å². The summed E-state index contributed by atoms with van der Waals surface area (Å²) < 4.78 is 17.5. The number of thiazole rings is 1. The predicted molar refractivity (Wildman–Crippen MR) is 129 cm³/mol. The molecule has 10 heteroatoms. The van der Waals surface area contributed by atoms with Gasteiger partial charge in [-0.1, -0.05) is 0 Å². The van der Waals surface area contributed by atoms with Gasteiger partial charge in [-0.15, -0.1) is 21.5 Å². The number of hydrogen-bond donors (Lipinski definition) is 1. The zero-order valence-corrected chi connectivity index (χ0v) is 19.7. The van der Waals surface area contributed by atoms with Crippen LogP contribution in [-0.4, -0.2) is 33.5 Å². The highest BCUT2D eigenvalue weighted by Crippen LogP contribution is 2.31. The van der Waals surface area contributed by atoms with Gasteiger partial charge < -0.3 is 13.9 Å². The summed E-state index contributed by atoms with van der Waals surface area (Å²) >= 11 is 1.33. The SMILES string of the molecule is Cc1nnc(-c2ccc(Oc3cc(OCC4CCC(=O)C4)cc(C(=O)Nc4nccs4)c3)cc2)o1. The molecule has 4 aromatic rings. The van der Waals surface area contributed by atoms with E-state index in [1.165, 1.54) is 11.3 Å². The van der Waals surface area contributed by atoms with E-state index in [9.17, 15) is 9.59 Å². The molecule has 2 heterocycles. The Balaban J connectivity index is 1.35. The van der Waals surface area contributed by atoms with Crippen LogP contribution in [0.1, 0.15) is 35.5 Å². The van der Waals surface area contributed by atoms with E-state index in [0.717, 1.165) is 12.0 Å². The van der Waals surface area contributed by atoms with Crippen molar-refractivity contribution in [1.29, 1.82) is 0 Å². The highest BCUT2D eigenvalue weighted by Gasteiger charge is 2.23. The van der Waals surface area contributed by atoms with Crippen molar-refractivity contribution < 1.29 is 23.5 Å². The third-order valence-electron chi connectivity index (χ3n) is 5.49. The molecule has 1 aliphatic carbocycles. The Hall–Kier alpha value is -4.05. The van der Waals surface area contributed by atoms with Crippen molar-refractivity contribution in [2.45, 2.75) is 26.2 Å². The minimum Gasteiger partial charge on any atom is -0.493 e. The molecule has 9 nitrogen and oxygen atoms in total. The van der Waals surface area contributed by atoms with Gasteiger partial charge in [0.15, 0.2) is 5.13 Å². The second-order valence-corrected chi connectivity index (χ2v) is 9.09. The van der Waals surface area contributed by atoms with Gasteiger partial charge in [-0.25, -0.2) is 4.98 Å². The number of aryl methyl sites for hydroxylation is 1. The molecule has 1 fully saturated rings. The van der Waals surface area contributed by atoms with E-state index in [1.807, 2.05) is 12.1 Å². The van der Waals surface area contributed by atoms with Crippen LogP contribution in [0.2, 0.25) is 0 Å². The minimum atomic E-state index is -0.326. The Morgan fingerprint density at radius 2 is 1.97 bits per heavy atom. The van der Waals surface area contributed by atoms with Gasteiger partial charge in [0, 0.05) is 54.5 Å². The van der Waals surface area contributed by atoms with Crippen LogP contribution in [-0.2, 0) is 4.79 Å². The molecule has 2 aromatic heterocycles. The zero-order chi connectivity index (χ0) is 24.2. The lowest BCUT2D eigenvalue weighted by Gasteiger charge is -2.14. The van der Waals surface area contributed by atoms with E-state index in [4.69, 9.17) is 13.9 Å². The number of ketones is 1. The van der Waals surface area contributed by atoms with Crippen molar-refractivity contribution in [2.24, 2.45) is 5.92 Å². The smallest absolute Gasteiger partial charge is 0.257 e. The number of Topliss-reactive ketones (excluding diaryl/α,β-unsaturated/α-hetero) is 1. The summed E-state index contributed by atoms with van der Waals surface area (Å²) in [6, 6.07) is 12.2. The minimum absolute atomic E-state index is 0.181. The van der Waals surface area contributed by atoms with Crippen molar-refractivity contribution in [3.8, 4) is 28.7 Å². The first-order valence-corrected chi connectivity index (χ1v) is 12.0. The van der Waals surface area contributed by atoms with Crippen LogP contribution in [0.3, 0.4) is 0 Å². The molecule has 0 radical (unpaired) electrons. The lowest BCUT2D eigenvalue weighted by Crippen LogP contribution is -2.13. The second kappa shape index (κ2) is 10.1. The number of benzene rings is 2. The van der Waals surface area contributed by atoms with E-state index < -0.39 is 0 Å². The van der Waals surface area contributed by atoms with E-state index in [0.29, 0.717) is 59.2 Å². The number of carbonyl (C=O) groups excluding carboxylic acids is 2. The number of ether oxygens (including phenoxy) is 2. The third kappa shape index (κ3) is 5.72. The number of aromatic nitrogens is 3. The number of anilines is 1. The monoisotopic (exact) mass is 490 g/mol. The van der Waals surface area contributed by atoms with Gasteiger partial charge in [-0.3, -0.25) is 14.9 Å². The Kier molecular flexibility index (Phi) is 6.53. The maximum absolute atomic E-state index is 12.9. The molecule has 1 saturated carbocycles. The molecule has 178 valence electrons. The number of hydrogen-bond acceptors (Lipinski definition) is 9. The average molecular weight is 491 g/mol. The summed E-state index contributed by atoms with van der Waals surface area (Å²) in [6.07, 6.45) is 3.56. The number of amides is 1. The van der Waals surface area contributed by atoms with E-state index in [2.05, 4.69) is 20.5 Å². The molecule has 1 N–H and O–H groups in total. The standard InChI is InChI=1S/C25H22N4O5S/c1-15-28-29-24(33-15)17-3-6-20(7-4-17)34-22-12-18(23(31)27-25-26-8-9-35-25)11-21(13-22)32-14-16-2-5-19(30)10-16/h3-4,6-9,11-13,16H,2,5,10,14H2,1H3,(H,26,27,31). The Morgan fingerprint density at radius 3 is 2.66 bits per heavy atom. The van der Waals surface area contributed by atoms with Gasteiger partial charge >= 0.3 is 0 Å². The quantitative estimate of drug-likeness (QED) is 0.354. The van der Waals surface area contributed by atoms with Crippen LogP contribution in [0.15, 0.2) is 58.5 Å². The van der Waals surface area contributed by atoms with E-state index in [1.54, 1.807) is 48.8 Å². The van der Waals surface area contributed by atoms with Gasteiger partial charge in [-0.2, -0.15) is 0 Å². The molecule has 35 heavy (non-hydrogen) atoms. The van der Waals surface area contributed by atoms with Crippen molar-refractivity contribution in [3.05, 3.63) is 65.5 Å². The molecule has 1 aliphatic rings. The fourth-order valence-electron chi connectivity index (χ4n) is 3.76. The first-order chi connectivity index (χ1) is 17.0. The Bertz CT molecular complexity index is 1330. The van der Waals surface area contributed by atoms with Gasteiger partial charge in [0.25, 0.3) is 5.91 Å². The fourth-order valence-corrected chi connectivity index (χ4v) is 4.29. The van der Waals surface area contributed by atoms with Gasteiger partial charge in [-0.05, 0) is 42.8 Å². The third-order valence-corrected chi connectivity index (χ3v) is 6.18. The van der Waals surface area contributed by atoms with Crippen LogP contribution in [0.4, 0.5) is 5.13 Å². The maximum Gasteiger partial charge on any atom is 0.257 e. The molecule has 0 spiro atoms. The average Bonchev–Trinajstić information content (AvgIpc) is 3.61. The normalized spacial score (nSPS) is 15.2. The first kappa shape index (κ1) is 22.7.